The summed E-state index contributed by atoms with van der Waals surface area (Å²) < 4.78 is 11.9. The number of rotatable bonds is 0. The second-order valence-corrected chi connectivity index (χ2v) is 9.53. The standard InChI is InChI=1S/C20H26O4/c21-15-3-7-19(23-15)5-1-11-9-13-14(17(11)19)10-12-2-6-20(18(12)13)8-4-16(22)24-20/h11-14,17-18H,1-10H2/t11-,12-,13+,14+,17-,18-,19-,20+/m1/s1. The predicted molar refractivity (Wildman–Crippen MR) is 84.8 cm³/mol. The third-order valence-corrected chi connectivity index (χ3v) is 8.87. The van der Waals surface area contributed by atoms with Gasteiger partial charge in [0.05, 0.1) is 0 Å². The molecule has 6 aliphatic rings. The van der Waals surface area contributed by atoms with Gasteiger partial charge in [-0.25, -0.2) is 0 Å². The molecule has 4 nitrogen and oxygen atoms in total. The highest BCUT2D eigenvalue weighted by Crippen LogP contribution is 2.70. The first-order valence-corrected chi connectivity index (χ1v) is 10.0. The molecule has 130 valence electrons. The molecule has 0 aromatic heterocycles. The molecule has 6 rings (SSSR count). The molecular weight excluding hydrogens is 304 g/mol. The zero-order chi connectivity index (χ0) is 16.1. The van der Waals surface area contributed by atoms with Crippen LogP contribution in [0.2, 0.25) is 0 Å². The maximum atomic E-state index is 11.8. The maximum Gasteiger partial charge on any atom is 0.306 e. The lowest BCUT2D eigenvalue weighted by atomic mass is 9.75. The first-order chi connectivity index (χ1) is 11.6. The minimum atomic E-state index is -0.126. The first-order valence-electron chi connectivity index (χ1n) is 10.0. The summed E-state index contributed by atoms with van der Waals surface area (Å²) in [5, 5.41) is 0. The average molecular weight is 330 g/mol. The maximum absolute atomic E-state index is 11.8. The van der Waals surface area contributed by atoms with E-state index >= 15 is 0 Å². The van der Waals surface area contributed by atoms with Gasteiger partial charge in [0.15, 0.2) is 0 Å². The van der Waals surface area contributed by atoms with Gasteiger partial charge < -0.3 is 9.47 Å². The molecule has 4 aliphatic carbocycles. The Kier molecular flexibility index (Phi) is 2.57. The zero-order valence-electron chi connectivity index (χ0n) is 14.2. The Morgan fingerprint density at radius 3 is 1.54 bits per heavy atom. The monoisotopic (exact) mass is 330 g/mol. The Bertz CT molecular complexity index is 575. The first kappa shape index (κ1) is 14.1. The highest BCUT2D eigenvalue weighted by Gasteiger charge is 2.69. The Morgan fingerprint density at radius 2 is 1.17 bits per heavy atom. The number of fused-ring (bicyclic) bond motifs is 7. The Labute approximate surface area is 142 Å². The summed E-state index contributed by atoms with van der Waals surface area (Å²) in [4.78, 5) is 23.7. The molecule has 2 spiro atoms. The van der Waals surface area contributed by atoms with E-state index in [0.717, 1.165) is 37.5 Å². The van der Waals surface area contributed by atoms with E-state index in [1.165, 1.54) is 25.7 Å². The van der Waals surface area contributed by atoms with E-state index in [-0.39, 0.29) is 23.1 Å². The van der Waals surface area contributed by atoms with Crippen LogP contribution in [0, 0.1) is 35.5 Å². The Morgan fingerprint density at radius 1 is 0.708 bits per heavy atom. The SMILES string of the molecule is O=C1CC[C@]2(CC[C@@H]3C[C@H]4[C@H](C[C@H]5CC[C@@]6(CCC(=O)O6)[C@H]54)[C@@H]32)O1. The summed E-state index contributed by atoms with van der Waals surface area (Å²) in [5.74, 6) is 4.12. The molecule has 0 amide bonds. The van der Waals surface area contributed by atoms with E-state index in [9.17, 15) is 9.59 Å². The number of hydrogen-bond acceptors (Lipinski definition) is 4. The van der Waals surface area contributed by atoms with Crippen LogP contribution in [0.15, 0.2) is 0 Å². The van der Waals surface area contributed by atoms with Crippen molar-refractivity contribution in [2.24, 2.45) is 35.5 Å². The molecular formula is C20H26O4. The van der Waals surface area contributed by atoms with Crippen molar-refractivity contribution in [2.75, 3.05) is 0 Å². The van der Waals surface area contributed by atoms with Crippen LogP contribution in [0.25, 0.3) is 0 Å². The summed E-state index contributed by atoms with van der Waals surface area (Å²) in [7, 11) is 0. The molecule has 6 fully saturated rings. The van der Waals surface area contributed by atoms with E-state index in [2.05, 4.69) is 0 Å². The van der Waals surface area contributed by atoms with Gasteiger partial charge in [-0.15, -0.1) is 0 Å². The predicted octanol–water partition coefficient (Wildman–Crippen LogP) is 3.23. The molecule has 8 atom stereocenters. The smallest absolute Gasteiger partial charge is 0.306 e. The number of carbonyl (C=O) groups excluding carboxylic acids is 2. The van der Waals surface area contributed by atoms with Crippen LogP contribution in [0.5, 0.6) is 0 Å². The minimum Gasteiger partial charge on any atom is -0.459 e. The van der Waals surface area contributed by atoms with Gasteiger partial charge in [-0.2, -0.15) is 0 Å². The molecule has 0 aromatic rings. The van der Waals surface area contributed by atoms with E-state index in [0.29, 0.717) is 36.5 Å². The lowest BCUT2D eigenvalue weighted by Gasteiger charge is -2.36. The molecule has 2 saturated heterocycles. The van der Waals surface area contributed by atoms with Crippen LogP contribution in [0.1, 0.15) is 64.2 Å². The second kappa shape index (κ2) is 4.37. The van der Waals surface area contributed by atoms with Crippen LogP contribution < -0.4 is 0 Å². The minimum absolute atomic E-state index is 0.0264. The van der Waals surface area contributed by atoms with E-state index < -0.39 is 0 Å². The highest BCUT2D eigenvalue weighted by atomic mass is 16.6. The van der Waals surface area contributed by atoms with Crippen molar-refractivity contribution in [1.82, 2.24) is 0 Å². The van der Waals surface area contributed by atoms with Gasteiger partial charge in [-0.3, -0.25) is 9.59 Å². The Hall–Kier alpha value is -1.06. The fraction of sp³-hybridized carbons (Fsp3) is 0.900. The van der Waals surface area contributed by atoms with Gasteiger partial charge in [0.1, 0.15) is 11.2 Å². The van der Waals surface area contributed by atoms with E-state index in [1.54, 1.807) is 0 Å². The van der Waals surface area contributed by atoms with Crippen LogP contribution in [-0.4, -0.2) is 23.1 Å². The van der Waals surface area contributed by atoms with E-state index in [4.69, 9.17) is 9.47 Å². The van der Waals surface area contributed by atoms with Crippen molar-refractivity contribution in [3.05, 3.63) is 0 Å². The fourth-order valence-corrected chi connectivity index (χ4v) is 8.40. The number of hydrogen-bond donors (Lipinski definition) is 0. The van der Waals surface area contributed by atoms with Crippen LogP contribution >= 0.6 is 0 Å². The summed E-state index contributed by atoms with van der Waals surface area (Å²) in [6.07, 6.45) is 10.4. The van der Waals surface area contributed by atoms with Gasteiger partial charge in [0.2, 0.25) is 0 Å². The van der Waals surface area contributed by atoms with Gasteiger partial charge in [-0.1, -0.05) is 0 Å². The summed E-state index contributed by atoms with van der Waals surface area (Å²) >= 11 is 0. The van der Waals surface area contributed by atoms with E-state index in [1.807, 2.05) is 0 Å². The van der Waals surface area contributed by atoms with Crippen molar-refractivity contribution in [3.63, 3.8) is 0 Å². The summed E-state index contributed by atoms with van der Waals surface area (Å²) in [5.41, 5.74) is -0.251. The summed E-state index contributed by atoms with van der Waals surface area (Å²) in [6.45, 7) is 0. The van der Waals surface area contributed by atoms with Gasteiger partial charge in [0, 0.05) is 24.7 Å². The number of carbonyl (C=O) groups is 2. The molecule has 0 radical (unpaired) electrons. The van der Waals surface area contributed by atoms with Crippen LogP contribution in [0.3, 0.4) is 0 Å². The number of ether oxygens (including phenoxy) is 2. The molecule has 24 heavy (non-hydrogen) atoms. The molecule has 4 heteroatoms. The van der Waals surface area contributed by atoms with Gasteiger partial charge in [0.25, 0.3) is 0 Å². The Balaban J connectivity index is 1.34. The van der Waals surface area contributed by atoms with Crippen LogP contribution in [-0.2, 0) is 19.1 Å². The quantitative estimate of drug-likeness (QED) is 0.640. The van der Waals surface area contributed by atoms with Crippen molar-refractivity contribution in [3.8, 4) is 0 Å². The zero-order valence-corrected chi connectivity index (χ0v) is 14.2. The highest BCUT2D eigenvalue weighted by molar-refractivity contribution is 5.73. The van der Waals surface area contributed by atoms with Gasteiger partial charge in [-0.05, 0) is 75.0 Å². The van der Waals surface area contributed by atoms with Crippen LogP contribution in [0.4, 0.5) is 0 Å². The van der Waals surface area contributed by atoms with Crippen molar-refractivity contribution in [1.29, 1.82) is 0 Å². The molecule has 2 aliphatic heterocycles. The van der Waals surface area contributed by atoms with Crippen molar-refractivity contribution >= 4 is 11.9 Å². The topological polar surface area (TPSA) is 52.6 Å². The largest absolute Gasteiger partial charge is 0.459 e. The molecule has 0 unspecified atom stereocenters. The molecule has 4 saturated carbocycles. The van der Waals surface area contributed by atoms with Gasteiger partial charge >= 0.3 is 11.9 Å². The third kappa shape index (κ3) is 1.56. The lowest BCUT2D eigenvalue weighted by Crippen LogP contribution is -2.40. The average Bonchev–Trinajstić information content (AvgIpc) is 3.30. The lowest BCUT2D eigenvalue weighted by molar-refractivity contribution is -0.155. The molecule has 0 aromatic carbocycles. The fourth-order valence-electron chi connectivity index (χ4n) is 8.40. The number of esters is 2. The molecule has 2 heterocycles. The summed E-state index contributed by atoms with van der Waals surface area (Å²) in [6, 6.07) is 0. The van der Waals surface area contributed by atoms with Crippen molar-refractivity contribution < 1.29 is 19.1 Å². The molecule has 0 N–H and O–H groups in total. The second-order valence-electron chi connectivity index (χ2n) is 9.53. The normalized spacial score (nSPS) is 57.5. The van der Waals surface area contributed by atoms with Crippen molar-refractivity contribution in [2.45, 2.75) is 75.4 Å². The molecule has 0 bridgehead atoms. The third-order valence-electron chi connectivity index (χ3n) is 8.87.